The van der Waals surface area contributed by atoms with Gasteiger partial charge in [0.15, 0.2) is 17.4 Å². The molecule has 0 aliphatic carbocycles. The van der Waals surface area contributed by atoms with Gasteiger partial charge in [0.25, 0.3) is 0 Å². The van der Waals surface area contributed by atoms with Crippen LogP contribution in [0.3, 0.4) is 0 Å². The van der Waals surface area contributed by atoms with Crippen LogP contribution in [0, 0.1) is 11.8 Å². The molecule has 15 rings (SSSR count). The average Bonchev–Trinajstić information content (AvgIpc) is 4.47. The first-order chi connectivity index (χ1) is 38.9. The van der Waals surface area contributed by atoms with Gasteiger partial charge in [-0.2, -0.15) is 0 Å². The number of nitrogens with two attached hydrogens (primary N) is 3. The van der Waals surface area contributed by atoms with Crippen LogP contribution in [-0.4, -0.2) is 216 Å². The number of ether oxygens (including phenoxy) is 15. The molecule has 15 aliphatic heterocycles. The Kier molecular flexibility index (Phi) is 14.4. The second-order valence-electron chi connectivity index (χ2n) is 27.5. The quantitative estimate of drug-likeness (QED) is 0.169. The van der Waals surface area contributed by atoms with Gasteiger partial charge in [-0.15, -0.1) is 0 Å². The van der Waals surface area contributed by atoms with Gasteiger partial charge in [-0.25, -0.2) is 0 Å². The summed E-state index contributed by atoms with van der Waals surface area (Å²) >= 11 is 0. The molecule has 1 unspecified atom stereocenters. The summed E-state index contributed by atoms with van der Waals surface area (Å²) in [5.41, 5.74) is 22.6. The average molecular weight is 1140 g/mol. The molecule has 452 valence electrons. The highest BCUT2D eigenvalue weighted by atomic mass is 16.8. The van der Waals surface area contributed by atoms with Gasteiger partial charge in [-0.3, -0.25) is 4.79 Å². The van der Waals surface area contributed by atoms with E-state index in [0.717, 1.165) is 17.6 Å². The van der Waals surface area contributed by atoms with Crippen LogP contribution in [-0.2, 0) is 75.8 Å². The van der Waals surface area contributed by atoms with Crippen molar-refractivity contribution < 1.29 is 91.2 Å². The Labute approximate surface area is 473 Å². The smallest absolute Gasteiger partial charge is 0.308 e. The maximum Gasteiger partial charge on any atom is 0.308 e. The van der Waals surface area contributed by atoms with Crippen LogP contribution in [0.5, 0.6) is 0 Å². The fourth-order valence-corrected chi connectivity index (χ4v) is 18.0. The monoisotopic (exact) mass is 1140 g/mol. The third kappa shape index (κ3) is 9.79. The Morgan fingerprint density at radius 1 is 0.519 bits per heavy atom. The van der Waals surface area contributed by atoms with Gasteiger partial charge in [-0.1, -0.05) is 27.0 Å². The normalized spacial score (nSPS) is 58.0. The van der Waals surface area contributed by atoms with Crippen LogP contribution in [0.4, 0.5) is 0 Å². The summed E-state index contributed by atoms with van der Waals surface area (Å²) in [5, 5.41) is 31.4. The minimum Gasteiger partial charge on any atom is -0.459 e. The third-order valence-electron chi connectivity index (χ3n) is 22.0. The van der Waals surface area contributed by atoms with E-state index < -0.39 is 127 Å². The fourth-order valence-electron chi connectivity index (χ4n) is 18.0. The Hall–Kier alpha value is -1.85. The largest absolute Gasteiger partial charge is 0.459 e. The van der Waals surface area contributed by atoms with E-state index in [2.05, 4.69) is 27.0 Å². The molecule has 22 heteroatoms. The standard InChI is InChI=1S/C59H87N3O19/c1-24-11-30-9-10-57-20-34(64)55(81-57)51-27(4)52(79-57)56-37(72-51)8-6-29(69-56)13-48(66)75-50-26(3)49-44(71-43(50)14-38-25(2)31(60)12-28(68-38)5-7-36(24)67-30)17-42-46(74-49)21-59(76-42)22-47-54(80-59)33(62)19-58(78-47)18-32(61)53-45(77-58)16-40-41(73-53)15-39(70-40)35(65)23-63/h26-47,49-56,63-65H,1-2,5-23,60-62H2,3-4H3/t26-,27+,28-,29+,30-,31+,32-,33-,34+,35-,36-,37-,38+,39-,40+,41+,42+,43-,44-,45-,46+,47-,49-,50+,51+,52+,53-,54-,55?,56-,57+,58+,59-/m0/s1. The van der Waals surface area contributed by atoms with E-state index in [0.29, 0.717) is 103 Å². The summed E-state index contributed by atoms with van der Waals surface area (Å²) in [7, 11) is 0. The SMILES string of the molecule is C=C1C[C@@H]2CC[C@]34C[C@@H](O)C(O3)[C@@H]3O[C@H]5CC[C@H](CC(=O)O[C@@H]6[C@@H](C)[C@@H]7O[C@@H]8C[C@]9(C[C@@H]%10O[C@]%11(C[C@H](N)[C@@H]%12O[C@@H]%13C[C@@H]([C@@H](O)CO)O[C@@H]%13C[C@@H]%12O%11)C[C@H](N)[C@@H]%10O9)O[C@@H]8C[C@@H]7O[C@H]6C[C@H]6O[C@@H](CC[C@@H]1O2)C[C@@H](N)C6=C)O[C@@H]5[C@H](O4)[C@@H]3C. The zero-order chi connectivity index (χ0) is 55.6. The highest BCUT2D eigenvalue weighted by Crippen LogP contribution is 2.56. The maximum atomic E-state index is 14.6. The first-order valence-electron chi connectivity index (χ1n) is 31.0. The molecule has 15 saturated heterocycles. The van der Waals surface area contributed by atoms with Crippen LogP contribution in [0.2, 0.25) is 0 Å². The van der Waals surface area contributed by atoms with Crippen molar-refractivity contribution in [1.29, 1.82) is 0 Å². The number of fused-ring (bicyclic) bond motifs is 14. The molecule has 10 bridgehead atoms. The molecule has 3 spiro atoms. The van der Waals surface area contributed by atoms with Gasteiger partial charge in [0, 0.05) is 94.2 Å². The zero-order valence-corrected chi connectivity index (χ0v) is 46.8. The van der Waals surface area contributed by atoms with Crippen LogP contribution >= 0.6 is 0 Å². The molecule has 22 nitrogen and oxygen atoms in total. The molecule has 0 amide bonds. The Morgan fingerprint density at radius 2 is 1.17 bits per heavy atom. The van der Waals surface area contributed by atoms with Crippen molar-refractivity contribution in [3.05, 3.63) is 24.3 Å². The van der Waals surface area contributed by atoms with E-state index in [1.807, 2.05) is 0 Å². The number of hydrogen-bond acceptors (Lipinski definition) is 22. The summed E-state index contributed by atoms with van der Waals surface area (Å²) < 4.78 is 102. The zero-order valence-electron chi connectivity index (χ0n) is 46.8. The fraction of sp³-hybridized carbons (Fsp3) is 0.915. The molecule has 0 aromatic rings. The second kappa shape index (κ2) is 20.9. The van der Waals surface area contributed by atoms with Gasteiger partial charge in [0.2, 0.25) is 0 Å². The predicted molar refractivity (Wildman–Crippen MR) is 279 cm³/mol. The predicted octanol–water partition coefficient (Wildman–Crippen LogP) is 1.64. The number of rotatable bonds is 2. The van der Waals surface area contributed by atoms with Gasteiger partial charge < -0.3 is 104 Å². The molecule has 15 aliphatic rings. The molecular weight excluding hydrogens is 1050 g/mol. The second-order valence-corrected chi connectivity index (χ2v) is 27.5. The van der Waals surface area contributed by atoms with Gasteiger partial charge in [0.1, 0.15) is 30.5 Å². The highest BCUT2D eigenvalue weighted by molar-refractivity contribution is 5.70. The van der Waals surface area contributed by atoms with Crippen molar-refractivity contribution in [3.8, 4) is 0 Å². The van der Waals surface area contributed by atoms with Crippen LogP contribution < -0.4 is 17.2 Å². The van der Waals surface area contributed by atoms with Crippen molar-refractivity contribution in [1.82, 2.24) is 0 Å². The van der Waals surface area contributed by atoms with E-state index in [1.54, 1.807) is 0 Å². The molecule has 81 heavy (non-hydrogen) atoms. The lowest BCUT2D eigenvalue weighted by Gasteiger charge is -2.54. The highest BCUT2D eigenvalue weighted by Gasteiger charge is 2.67. The molecule has 0 aromatic carbocycles. The van der Waals surface area contributed by atoms with Crippen LogP contribution in [0.1, 0.15) is 129 Å². The first-order valence-corrected chi connectivity index (χ1v) is 31.0. The van der Waals surface area contributed by atoms with Crippen molar-refractivity contribution in [2.24, 2.45) is 29.0 Å². The minimum atomic E-state index is -1.08. The van der Waals surface area contributed by atoms with Crippen LogP contribution in [0.25, 0.3) is 0 Å². The van der Waals surface area contributed by atoms with Crippen molar-refractivity contribution in [2.75, 3.05) is 6.61 Å². The van der Waals surface area contributed by atoms with E-state index in [-0.39, 0.29) is 91.4 Å². The Balaban J connectivity index is 0.655. The number of carbonyl (C=O) groups is 1. The summed E-state index contributed by atoms with van der Waals surface area (Å²) in [5.74, 6) is -3.98. The molecule has 0 radical (unpaired) electrons. The van der Waals surface area contributed by atoms with E-state index in [4.69, 9.17) is 88.3 Å². The third-order valence-corrected chi connectivity index (χ3v) is 22.0. The summed E-state index contributed by atoms with van der Waals surface area (Å²) in [6.07, 6.45) is -1.77. The van der Waals surface area contributed by atoms with Gasteiger partial charge in [-0.05, 0) is 56.1 Å². The lowest BCUT2D eigenvalue weighted by Crippen LogP contribution is -2.67. The van der Waals surface area contributed by atoms with Gasteiger partial charge in [0.05, 0.1) is 135 Å². The van der Waals surface area contributed by atoms with Crippen molar-refractivity contribution >= 4 is 5.97 Å². The maximum absolute atomic E-state index is 14.6. The molecule has 0 aromatic heterocycles. The van der Waals surface area contributed by atoms with E-state index in [9.17, 15) is 20.1 Å². The summed E-state index contributed by atoms with van der Waals surface area (Å²) in [4.78, 5) is 14.6. The molecule has 15 heterocycles. The lowest BCUT2D eigenvalue weighted by molar-refractivity contribution is -0.358. The van der Waals surface area contributed by atoms with Crippen molar-refractivity contribution in [2.45, 2.75) is 318 Å². The lowest BCUT2D eigenvalue weighted by atomic mass is 9.80. The van der Waals surface area contributed by atoms with Crippen molar-refractivity contribution in [3.63, 3.8) is 0 Å². The number of aliphatic hydroxyl groups is 3. The molecule has 15 fully saturated rings. The minimum absolute atomic E-state index is 0.0236. The number of hydrogen-bond donors (Lipinski definition) is 6. The molecule has 33 atom stereocenters. The van der Waals surface area contributed by atoms with Gasteiger partial charge >= 0.3 is 5.97 Å². The van der Waals surface area contributed by atoms with Crippen LogP contribution in [0.15, 0.2) is 24.3 Å². The number of aliphatic hydroxyl groups excluding tert-OH is 3. The Bertz CT molecular complexity index is 2410. The number of esters is 1. The Morgan fingerprint density at radius 3 is 2.01 bits per heavy atom. The summed E-state index contributed by atoms with van der Waals surface area (Å²) in [6.45, 7) is 12.7. The summed E-state index contributed by atoms with van der Waals surface area (Å²) in [6, 6.07) is -1.16. The number of carbonyl (C=O) groups excluding carboxylic acids is 1. The topological polar surface area (TPSA) is 294 Å². The first kappa shape index (κ1) is 55.7. The molecule has 0 saturated carbocycles. The van der Waals surface area contributed by atoms with E-state index in [1.165, 1.54) is 0 Å². The van der Waals surface area contributed by atoms with E-state index >= 15 is 0 Å². The molecule has 9 N–H and O–H groups in total. The molecular formula is C59H87N3O19.